The first-order valence-electron chi connectivity index (χ1n) is 9.27. The van der Waals surface area contributed by atoms with E-state index in [1.807, 2.05) is 33.8 Å². The summed E-state index contributed by atoms with van der Waals surface area (Å²) in [7, 11) is 2.67. The molecule has 0 atom stereocenters. The van der Waals surface area contributed by atoms with Gasteiger partial charge in [0.15, 0.2) is 0 Å². The van der Waals surface area contributed by atoms with Gasteiger partial charge in [-0.25, -0.2) is 0 Å². The Labute approximate surface area is 156 Å². The highest BCUT2D eigenvalue weighted by Gasteiger charge is 2.52. The molecule has 0 radical (unpaired) electrons. The number of rotatable bonds is 5. The van der Waals surface area contributed by atoms with Gasteiger partial charge in [0.05, 0.1) is 25.4 Å². The molecule has 1 saturated carbocycles. The van der Waals surface area contributed by atoms with Gasteiger partial charge in [-0.2, -0.15) is 0 Å². The minimum Gasteiger partial charge on any atom is -0.497 e. The van der Waals surface area contributed by atoms with E-state index in [1.54, 1.807) is 7.11 Å². The second-order valence-electron chi connectivity index (χ2n) is 8.40. The molecule has 5 nitrogen and oxygen atoms in total. The molecular formula is C20H29BO5. The molecular weight excluding hydrogens is 331 g/mol. The van der Waals surface area contributed by atoms with E-state index in [9.17, 15) is 4.79 Å². The summed E-state index contributed by atoms with van der Waals surface area (Å²) in [5, 5.41) is 0. The van der Waals surface area contributed by atoms with Gasteiger partial charge in [-0.1, -0.05) is 12.1 Å². The van der Waals surface area contributed by atoms with Gasteiger partial charge in [-0.15, -0.1) is 0 Å². The number of carbonyl (C=O) groups excluding carboxylic acids is 1. The van der Waals surface area contributed by atoms with E-state index in [1.165, 1.54) is 12.7 Å². The van der Waals surface area contributed by atoms with Crippen LogP contribution in [-0.2, 0) is 18.8 Å². The average Bonchev–Trinajstić information content (AvgIpc) is 2.77. The maximum atomic E-state index is 11.4. The van der Waals surface area contributed by atoms with Crippen LogP contribution in [-0.4, -0.2) is 38.5 Å². The molecule has 0 aromatic heterocycles. The van der Waals surface area contributed by atoms with Gasteiger partial charge >= 0.3 is 13.1 Å². The smallest absolute Gasteiger partial charge is 0.497 e. The third kappa shape index (κ3) is 3.49. The fourth-order valence-electron chi connectivity index (χ4n) is 3.65. The van der Waals surface area contributed by atoms with Crippen molar-refractivity contribution in [2.45, 2.75) is 64.1 Å². The topological polar surface area (TPSA) is 54.0 Å². The van der Waals surface area contributed by atoms with Crippen LogP contribution < -0.4 is 10.2 Å². The second kappa shape index (κ2) is 6.89. The van der Waals surface area contributed by atoms with Gasteiger partial charge in [0.2, 0.25) is 0 Å². The lowest BCUT2D eigenvalue weighted by Crippen LogP contribution is -2.41. The lowest BCUT2D eigenvalue weighted by atomic mass is 9.68. The first-order valence-corrected chi connectivity index (χ1v) is 9.27. The van der Waals surface area contributed by atoms with E-state index in [0.717, 1.165) is 24.1 Å². The molecule has 0 spiro atoms. The Kier molecular flexibility index (Phi) is 5.10. The Balaban J connectivity index is 1.76. The van der Waals surface area contributed by atoms with Gasteiger partial charge in [-0.05, 0) is 64.0 Å². The summed E-state index contributed by atoms with van der Waals surface area (Å²) in [5.41, 5.74) is 1.40. The number of ether oxygens (including phenoxy) is 2. The summed E-state index contributed by atoms with van der Waals surface area (Å²) in [5.74, 6) is 1.52. The monoisotopic (exact) mass is 360 g/mol. The lowest BCUT2D eigenvalue weighted by Gasteiger charge is -2.35. The van der Waals surface area contributed by atoms with Crippen LogP contribution >= 0.6 is 0 Å². The molecule has 1 heterocycles. The zero-order valence-electron chi connectivity index (χ0n) is 16.6. The molecule has 26 heavy (non-hydrogen) atoms. The van der Waals surface area contributed by atoms with Crippen LogP contribution in [0.5, 0.6) is 5.75 Å². The maximum Gasteiger partial charge on any atom is 0.498 e. The zero-order valence-corrected chi connectivity index (χ0v) is 16.6. The quantitative estimate of drug-likeness (QED) is 0.597. The molecule has 1 aromatic rings. The summed E-state index contributed by atoms with van der Waals surface area (Å²) in [6.07, 6.45) is 2.52. The highest BCUT2D eigenvalue weighted by atomic mass is 16.7. The van der Waals surface area contributed by atoms with Crippen molar-refractivity contribution in [3.63, 3.8) is 0 Å². The van der Waals surface area contributed by atoms with Crippen molar-refractivity contribution in [1.82, 2.24) is 0 Å². The van der Waals surface area contributed by atoms with Crippen LogP contribution in [0.25, 0.3) is 0 Å². The van der Waals surface area contributed by atoms with E-state index < -0.39 is 7.12 Å². The fraction of sp³-hybridized carbons (Fsp3) is 0.650. The van der Waals surface area contributed by atoms with Crippen molar-refractivity contribution in [2.24, 2.45) is 5.92 Å². The Morgan fingerprint density at radius 2 is 1.77 bits per heavy atom. The Morgan fingerprint density at radius 1 is 1.15 bits per heavy atom. The molecule has 0 unspecified atom stereocenters. The van der Waals surface area contributed by atoms with Crippen LogP contribution in [0.3, 0.4) is 0 Å². The van der Waals surface area contributed by atoms with E-state index >= 15 is 0 Å². The SMILES string of the molecule is COC(=O)CC1CC(c2ccc(OC)c(B3OC(C)(C)C(C)(C)O3)c2)C1. The molecule has 6 heteroatoms. The third-order valence-corrected chi connectivity index (χ3v) is 6.15. The number of carbonyl (C=O) groups is 1. The summed E-state index contributed by atoms with van der Waals surface area (Å²) < 4.78 is 22.7. The minimum atomic E-state index is -0.444. The molecule has 1 aliphatic carbocycles. The molecule has 1 aliphatic heterocycles. The van der Waals surface area contributed by atoms with E-state index in [2.05, 4.69) is 12.1 Å². The van der Waals surface area contributed by atoms with Crippen LogP contribution in [0.2, 0.25) is 0 Å². The molecule has 2 aliphatic rings. The Morgan fingerprint density at radius 3 is 2.31 bits per heavy atom. The van der Waals surface area contributed by atoms with Crippen molar-refractivity contribution in [1.29, 1.82) is 0 Å². The van der Waals surface area contributed by atoms with Crippen molar-refractivity contribution >= 4 is 18.6 Å². The molecule has 1 aromatic carbocycles. The normalized spacial score (nSPS) is 26.3. The van der Waals surface area contributed by atoms with Crippen LogP contribution in [0, 0.1) is 5.92 Å². The summed E-state index contributed by atoms with van der Waals surface area (Å²) >= 11 is 0. The fourth-order valence-corrected chi connectivity index (χ4v) is 3.65. The van der Waals surface area contributed by atoms with Gasteiger partial charge in [0.25, 0.3) is 0 Å². The minimum absolute atomic E-state index is 0.124. The summed E-state index contributed by atoms with van der Waals surface area (Å²) in [6.45, 7) is 8.19. The van der Waals surface area contributed by atoms with E-state index in [0.29, 0.717) is 18.3 Å². The summed E-state index contributed by atoms with van der Waals surface area (Å²) in [4.78, 5) is 11.4. The highest BCUT2D eigenvalue weighted by Crippen LogP contribution is 2.44. The molecule has 0 amide bonds. The Hall–Kier alpha value is -1.53. The predicted molar refractivity (Wildman–Crippen MR) is 101 cm³/mol. The predicted octanol–water partition coefficient (Wildman–Crippen LogP) is 3.05. The van der Waals surface area contributed by atoms with Crippen LogP contribution in [0.15, 0.2) is 18.2 Å². The number of hydrogen-bond acceptors (Lipinski definition) is 5. The number of hydrogen-bond donors (Lipinski definition) is 0. The van der Waals surface area contributed by atoms with E-state index in [-0.39, 0.29) is 17.2 Å². The van der Waals surface area contributed by atoms with Crippen LogP contribution in [0.4, 0.5) is 0 Å². The molecule has 0 N–H and O–H groups in total. The first-order chi connectivity index (χ1) is 12.2. The molecule has 2 fully saturated rings. The van der Waals surface area contributed by atoms with Crippen molar-refractivity contribution < 1.29 is 23.6 Å². The second-order valence-corrected chi connectivity index (χ2v) is 8.40. The van der Waals surface area contributed by atoms with Gasteiger partial charge in [0, 0.05) is 11.9 Å². The van der Waals surface area contributed by atoms with Gasteiger partial charge in [0.1, 0.15) is 5.75 Å². The maximum absolute atomic E-state index is 11.4. The van der Waals surface area contributed by atoms with Crippen molar-refractivity contribution in [3.8, 4) is 5.75 Å². The van der Waals surface area contributed by atoms with E-state index in [4.69, 9.17) is 18.8 Å². The van der Waals surface area contributed by atoms with Crippen LogP contribution in [0.1, 0.15) is 58.4 Å². The van der Waals surface area contributed by atoms with Crippen molar-refractivity contribution in [2.75, 3.05) is 14.2 Å². The third-order valence-electron chi connectivity index (χ3n) is 6.15. The molecule has 0 bridgehead atoms. The zero-order chi connectivity index (χ0) is 19.1. The molecule has 142 valence electrons. The molecule has 3 rings (SSSR count). The standard InChI is InChI=1S/C20H29BO5/c1-19(2)20(3,4)26-21(25-19)16-12-14(7-8-17(16)23-5)15-9-13(10-15)11-18(22)24-6/h7-8,12-13,15H,9-11H2,1-6H3. The lowest BCUT2D eigenvalue weighted by molar-refractivity contribution is -0.142. The number of methoxy groups -OCH3 is 2. The Bertz CT molecular complexity index is 663. The van der Waals surface area contributed by atoms with Gasteiger partial charge < -0.3 is 18.8 Å². The van der Waals surface area contributed by atoms with Gasteiger partial charge in [-0.3, -0.25) is 4.79 Å². The number of benzene rings is 1. The largest absolute Gasteiger partial charge is 0.498 e. The first kappa shape index (κ1) is 19.2. The highest BCUT2D eigenvalue weighted by molar-refractivity contribution is 6.63. The summed E-state index contributed by atoms with van der Waals surface area (Å²) in [6, 6.07) is 6.23. The molecule has 1 saturated heterocycles. The van der Waals surface area contributed by atoms with Crippen molar-refractivity contribution in [3.05, 3.63) is 23.8 Å². The average molecular weight is 360 g/mol. The number of esters is 1.